The van der Waals surface area contributed by atoms with Crippen molar-refractivity contribution in [2.45, 2.75) is 33.2 Å². The molecule has 19 heavy (non-hydrogen) atoms. The second-order valence-electron chi connectivity index (χ2n) is 4.65. The molecule has 102 valence electrons. The van der Waals surface area contributed by atoms with Crippen LogP contribution >= 0.6 is 0 Å². The predicted octanol–water partition coefficient (Wildman–Crippen LogP) is 1.00. The van der Waals surface area contributed by atoms with Crippen molar-refractivity contribution < 1.29 is 0 Å². The molecular formula is C13H19N5O. The lowest BCUT2D eigenvalue weighted by Gasteiger charge is -2.15. The third kappa shape index (κ3) is 3.29. The summed E-state index contributed by atoms with van der Waals surface area (Å²) in [5.74, 6) is 0.649. The number of hydrogen-bond acceptors (Lipinski definition) is 4. The van der Waals surface area contributed by atoms with E-state index in [4.69, 9.17) is 0 Å². The maximum absolute atomic E-state index is 11.9. The minimum absolute atomic E-state index is 0.0280. The van der Waals surface area contributed by atoms with E-state index in [0.29, 0.717) is 11.4 Å². The maximum atomic E-state index is 11.9. The van der Waals surface area contributed by atoms with Crippen LogP contribution in [0.1, 0.15) is 35.7 Å². The summed E-state index contributed by atoms with van der Waals surface area (Å²) < 4.78 is 0. The van der Waals surface area contributed by atoms with Crippen LogP contribution in [0.2, 0.25) is 0 Å². The van der Waals surface area contributed by atoms with E-state index in [2.05, 4.69) is 25.3 Å². The number of aromatic amines is 2. The Kier molecular flexibility index (Phi) is 4.11. The highest BCUT2D eigenvalue weighted by atomic mass is 16.1. The van der Waals surface area contributed by atoms with Gasteiger partial charge in [-0.2, -0.15) is 0 Å². The predicted molar refractivity (Wildman–Crippen MR) is 73.0 cm³/mol. The molecule has 6 nitrogen and oxygen atoms in total. The van der Waals surface area contributed by atoms with Gasteiger partial charge in [0.1, 0.15) is 5.82 Å². The molecule has 2 heterocycles. The van der Waals surface area contributed by atoms with E-state index in [-0.39, 0.29) is 11.6 Å². The molecule has 0 aromatic carbocycles. The quantitative estimate of drug-likeness (QED) is 0.749. The lowest BCUT2D eigenvalue weighted by molar-refractivity contribution is 0.563. The monoisotopic (exact) mass is 261 g/mol. The van der Waals surface area contributed by atoms with Crippen LogP contribution in [-0.4, -0.2) is 26.5 Å². The number of aromatic nitrogens is 4. The molecule has 2 aromatic heterocycles. The van der Waals surface area contributed by atoms with E-state index in [1.807, 2.05) is 13.8 Å². The Labute approximate surface area is 111 Å². The summed E-state index contributed by atoms with van der Waals surface area (Å²) in [5.41, 5.74) is 2.50. The van der Waals surface area contributed by atoms with Crippen LogP contribution in [0.5, 0.6) is 0 Å². The fraction of sp³-hybridized carbons (Fsp3) is 0.462. The molecule has 2 rings (SSSR count). The Hall–Kier alpha value is -1.95. The van der Waals surface area contributed by atoms with Crippen molar-refractivity contribution in [1.82, 2.24) is 25.3 Å². The highest BCUT2D eigenvalue weighted by Gasteiger charge is 2.13. The lowest BCUT2D eigenvalue weighted by Crippen LogP contribution is -2.29. The second kappa shape index (κ2) is 5.79. The fourth-order valence-corrected chi connectivity index (χ4v) is 2.19. The molecule has 0 aliphatic carbocycles. The number of hydrogen-bond donors (Lipinski definition) is 3. The second-order valence-corrected chi connectivity index (χ2v) is 4.65. The van der Waals surface area contributed by atoms with Crippen LogP contribution in [0.3, 0.4) is 0 Å². The minimum atomic E-state index is -0.0634. The molecule has 2 aromatic rings. The number of aryl methyl sites for hydroxylation is 2. The molecule has 0 bridgehead atoms. The first-order valence-electron chi connectivity index (χ1n) is 6.36. The Bertz CT molecular complexity index is 588. The molecule has 0 saturated heterocycles. The summed E-state index contributed by atoms with van der Waals surface area (Å²) >= 11 is 0. The standard InChI is InChI=1S/C13H19N5O/c1-8(15-5-4-11-6-14-7-16-11)12-9(2)17-10(3)18-13(12)19/h6-8,15H,4-5H2,1-3H3,(H,14,16)(H,17,18,19). The molecule has 0 radical (unpaired) electrons. The van der Waals surface area contributed by atoms with Gasteiger partial charge >= 0.3 is 0 Å². The van der Waals surface area contributed by atoms with Gasteiger partial charge in [0.2, 0.25) is 0 Å². The summed E-state index contributed by atoms with van der Waals surface area (Å²) in [6.45, 7) is 6.40. The fourth-order valence-electron chi connectivity index (χ4n) is 2.19. The highest BCUT2D eigenvalue weighted by Crippen LogP contribution is 2.10. The molecule has 6 heteroatoms. The van der Waals surface area contributed by atoms with Crippen LogP contribution in [0.4, 0.5) is 0 Å². The minimum Gasteiger partial charge on any atom is -0.348 e. The van der Waals surface area contributed by atoms with Gasteiger partial charge in [-0.25, -0.2) is 9.97 Å². The molecular weight excluding hydrogens is 242 g/mol. The highest BCUT2D eigenvalue weighted by molar-refractivity contribution is 5.20. The van der Waals surface area contributed by atoms with Gasteiger partial charge in [0.05, 0.1) is 11.9 Å². The molecule has 0 aliphatic heterocycles. The summed E-state index contributed by atoms with van der Waals surface area (Å²) in [6, 6.07) is -0.0280. The Balaban J connectivity index is 2.00. The first kappa shape index (κ1) is 13.5. The molecule has 1 unspecified atom stereocenters. The smallest absolute Gasteiger partial charge is 0.255 e. The molecule has 0 saturated carbocycles. The zero-order valence-electron chi connectivity index (χ0n) is 11.4. The summed E-state index contributed by atoms with van der Waals surface area (Å²) in [4.78, 5) is 26.0. The number of nitrogens with one attached hydrogen (secondary N) is 3. The van der Waals surface area contributed by atoms with E-state index < -0.39 is 0 Å². The molecule has 0 amide bonds. The maximum Gasteiger partial charge on any atom is 0.255 e. The van der Waals surface area contributed by atoms with Crippen LogP contribution < -0.4 is 10.9 Å². The largest absolute Gasteiger partial charge is 0.348 e. The van der Waals surface area contributed by atoms with Crippen molar-refractivity contribution in [3.8, 4) is 0 Å². The summed E-state index contributed by atoms with van der Waals surface area (Å²) in [6.07, 6.45) is 4.32. The van der Waals surface area contributed by atoms with Gasteiger partial charge in [-0.05, 0) is 20.8 Å². The average Bonchev–Trinajstić information content (AvgIpc) is 2.80. The Morgan fingerprint density at radius 3 is 2.84 bits per heavy atom. The van der Waals surface area contributed by atoms with Gasteiger partial charge in [-0.15, -0.1) is 0 Å². The van der Waals surface area contributed by atoms with Gasteiger partial charge in [0.25, 0.3) is 5.56 Å². The zero-order chi connectivity index (χ0) is 13.8. The number of imidazole rings is 1. The van der Waals surface area contributed by atoms with Crippen LogP contribution in [0.25, 0.3) is 0 Å². The van der Waals surface area contributed by atoms with E-state index >= 15 is 0 Å². The average molecular weight is 261 g/mol. The lowest BCUT2D eigenvalue weighted by atomic mass is 10.1. The number of nitrogens with zero attached hydrogens (tertiary/aromatic N) is 2. The van der Waals surface area contributed by atoms with Gasteiger partial charge in [-0.1, -0.05) is 0 Å². The van der Waals surface area contributed by atoms with Crippen LogP contribution in [-0.2, 0) is 6.42 Å². The van der Waals surface area contributed by atoms with Crippen molar-refractivity contribution in [3.05, 3.63) is 45.7 Å². The number of rotatable bonds is 5. The summed E-state index contributed by atoms with van der Waals surface area (Å²) in [7, 11) is 0. The van der Waals surface area contributed by atoms with Crippen molar-refractivity contribution >= 4 is 0 Å². The van der Waals surface area contributed by atoms with Crippen molar-refractivity contribution in [3.63, 3.8) is 0 Å². The van der Waals surface area contributed by atoms with Crippen LogP contribution in [0.15, 0.2) is 17.3 Å². The molecule has 3 N–H and O–H groups in total. The molecule has 0 spiro atoms. The molecule has 0 fully saturated rings. The van der Waals surface area contributed by atoms with Gasteiger partial charge in [0, 0.05) is 36.6 Å². The Morgan fingerprint density at radius 2 is 2.21 bits per heavy atom. The van der Waals surface area contributed by atoms with Crippen molar-refractivity contribution in [2.24, 2.45) is 0 Å². The Morgan fingerprint density at radius 1 is 1.42 bits per heavy atom. The van der Waals surface area contributed by atoms with Crippen molar-refractivity contribution in [1.29, 1.82) is 0 Å². The molecule has 1 atom stereocenters. The third-order valence-corrected chi connectivity index (χ3v) is 3.10. The first-order valence-corrected chi connectivity index (χ1v) is 6.36. The summed E-state index contributed by atoms with van der Waals surface area (Å²) in [5, 5.41) is 3.33. The van der Waals surface area contributed by atoms with Gasteiger partial charge < -0.3 is 15.3 Å². The third-order valence-electron chi connectivity index (χ3n) is 3.10. The van der Waals surface area contributed by atoms with E-state index in [0.717, 1.165) is 24.4 Å². The number of H-pyrrole nitrogens is 2. The van der Waals surface area contributed by atoms with Crippen molar-refractivity contribution in [2.75, 3.05) is 6.54 Å². The SMILES string of the molecule is Cc1nc(C)c(C(C)NCCc2cnc[nH]2)c(=O)[nH]1. The van der Waals surface area contributed by atoms with Crippen LogP contribution in [0, 0.1) is 13.8 Å². The van der Waals surface area contributed by atoms with Gasteiger partial charge in [0.15, 0.2) is 0 Å². The first-order chi connectivity index (χ1) is 9.08. The molecule has 0 aliphatic rings. The zero-order valence-corrected chi connectivity index (χ0v) is 11.4. The van der Waals surface area contributed by atoms with E-state index in [1.165, 1.54) is 0 Å². The normalized spacial score (nSPS) is 12.6. The van der Waals surface area contributed by atoms with Gasteiger partial charge in [-0.3, -0.25) is 4.79 Å². The van der Waals surface area contributed by atoms with E-state index in [1.54, 1.807) is 19.4 Å². The topological polar surface area (TPSA) is 86.5 Å². The van der Waals surface area contributed by atoms with E-state index in [9.17, 15) is 4.79 Å².